The van der Waals surface area contributed by atoms with Crippen LogP contribution in [-0.4, -0.2) is 54.6 Å². The van der Waals surface area contributed by atoms with Crippen molar-refractivity contribution in [2.75, 3.05) is 48.9 Å². The lowest BCUT2D eigenvalue weighted by atomic mass is 9.97. The first-order valence-electron chi connectivity index (χ1n) is 10.9. The minimum absolute atomic E-state index is 0.482. The third-order valence-electron chi connectivity index (χ3n) is 5.75. The van der Waals surface area contributed by atoms with Crippen molar-refractivity contribution >= 4 is 35.5 Å². The van der Waals surface area contributed by atoms with Crippen LogP contribution in [0.25, 0.3) is 17.3 Å². The molecule has 1 aromatic carbocycles. The summed E-state index contributed by atoms with van der Waals surface area (Å²) in [5.74, 6) is 1.16. The lowest BCUT2D eigenvalue weighted by molar-refractivity contribution is -0.109. The number of fused-ring (bicyclic) bond motifs is 1. The molecule has 3 aromatic rings. The lowest BCUT2D eigenvalue weighted by Gasteiger charge is -2.29. The highest BCUT2D eigenvalue weighted by molar-refractivity contribution is 5.80. The molecule has 1 atom stereocenters. The average molecular weight is 444 g/mol. The van der Waals surface area contributed by atoms with Crippen molar-refractivity contribution in [1.82, 2.24) is 20.3 Å². The molecule has 0 aliphatic carbocycles. The highest BCUT2D eigenvalue weighted by Crippen LogP contribution is 2.34. The molecule has 1 fully saturated rings. The van der Waals surface area contributed by atoms with Crippen molar-refractivity contribution < 1.29 is 9.53 Å². The Labute approximate surface area is 191 Å². The first-order valence-corrected chi connectivity index (χ1v) is 10.9. The Bertz CT molecular complexity index is 1160. The number of nitrogens with zero attached hydrogens (tertiary/aromatic N) is 4. The Morgan fingerprint density at radius 2 is 1.91 bits per heavy atom. The number of aromatic nitrogens is 3. The maximum atomic E-state index is 11.8. The summed E-state index contributed by atoms with van der Waals surface area (Å²) in [6.45, 7) is 3.26. The van der Waals surface area contributed by atoms with Gasteiger partial charge in [-0.3, -0.25) is 0 Å². The second-order valence-electron chi connectivity index (χ2n) is 7.79. The molecule has 5 rings (SSSR count). The second kappa shape index (κ2) is 9.25. The molecule has 9 heteroatoms. The van der Waals surface area contributed by atoms with E-state index in [4.69, 9.17) is 9.72 Å². The van der Waals surface area contributed by atoms with Gasteiger partial charge in [-0.05, 0) is 48.2 Å². The van der Waals surface area contributed by atoms with Crippen molar-refractivity contribution in [3.05, 3.63) is 60.1 Å². The number of carbonyl (C=O) groups excluding carboxylic acids is 1. The third kappa shape index (κ3) is 4.35. The van der Waals surface area contributed by atoms with Gasteiger partial charge in [0.15, 0.2) is 0 Å². The maximum absolute atomic E-state index is 11.8. The van der Waals surface area contributed by atoms with E-state index in [1.54, 1.807) is 25.6 Å². The molecule has 0 amide bonds. The topological polar surface area (TPSA) is 104 Å². The molecule has 4 heterocycles. The minimum atomic E-state index is -0.482. The van der Waals surface area contributed by atoms with E-state index in [2.05, 4.69) is 43.0 Å². The van der Waals surface area contributed by atoms with Gasteiger partial charge in [0.1, 0.15) is 18.1 Å². The molecular formula is C24H25N7O2. The van der Waals surface area contributed by atoms with Crippen LogP contribution in [0.5, 0.6) is 0 Å². The fourth-order valence-electron chi connectivity index (χ4n) is 4.02. The fourth-order valence-corrected chi connectivity index (χ4v) is 4.02. The first-order chi connectivity index (χ1) is 16.2. The fraction of sp³-hybridized carbons (Fsp3) is 0.250. The van der Waals surface area contributed by atoms with Crippen LogP contribution in [0.15, 0.2) is 48.9 Å². The van der Waals surface area contributed by atoms with Crippen molar-refractivity contribution in [2.24, 2.45) is 0 Å². The SMILES string of the molecule is CNc1ncc(-c2cc3c(c(Nc4ccc(N5CCOCC5)cc4)n2)C(C=O)NC=C3)cn1. The molecule has 33 heavy (non-hydrogen) atoms. The number of hydrogen-bond donors (Lipinski definition) is 3. The normalized spacial score (nSPS) is 17.1. The summed E-state index contributed by atoms with van der Waals surface area (Å²) in [5, 5.41) is 9.43. The number of ether oxygens (including phenoxy) is 1. The highest BCUT2D eigenvalue weighted by Gasteiger charge is 2.23. The van der Waals surface area contributed by atoms with Gasteiger partial charge in [0, 0.05) is 55.0 Å². The zero-order valence-electron chi connectivity index (χ0n) is 18.3. The molecule has 9 nitrogen and oxygen atoms in total. The Kier molecular flexibility index (Phi) is 5.86. The largest absolute Gasteiger partial charge is 0.378 e. The van der Waals surface area contributed by atoms with E-state index in [9.17, 15) is 4.79 Å². The molecule has 0 bridgehead atoms. The molecule has 168 valence electrons. The quantitative estimate of drug-likeness (QED) is 0.496. The van der Waals surface area contributed by atoms with E-state index in [1.165, 1.54) is 0 Å². The highest BCUT2D eigenvalue weighted by atomic mass is 16.5. The molecular weight excluding hydrogens is 418 g/mol. The molecule has 2 aromatic heterocycles. The molecule has 1 unspecified atom stereocenters. The van der Waals surface area contributed by atoms with Gasteiger partial charge in [0.2, 0.25) is 5.95 Å². The number of pyridine rings is 1. The Hall–Kier alpha value is -3.98. The number of morpholine rings is 1. The zero-order valence-corrected chi connectivity index (χ0v) is 18.3. The van der Waals surface area contributed by atoms with Crippen LogP contribution >= 0.6 is 0 Å². The minimum Gasteiger partial charge on any atom is -0.378 e. The van der Waals surface area contributed by atoms with Crippen LogP contribution in [0.3, 0.4) is 0 Å². The van der Waals surface area contributed by atoms with Crippen LogP contribution in [-0.2, 0) is 9.53 Å². The van der Waals surface area contributed by atoms with E-state index >= 15 is 0 Å². The molecule has 2 aliphatic rings. The van der Waals surface area contributed by atoms with Crippen LogP contribution in [0.1, 0.15) is 17.2 Å². The lowest BCUT2D eigenvalue weighted by Crippen LogP contribution is -2.36. The van der Waals surface area contributed by atoms with Gasteiger partial charge in [-0.15, -0.1) is 0 Å². The molecule has 0 radical (unpaired) electrons. The van der Waals surface area contributed by atoms with Crippen LogP contribution < -0.4 is 20.9 Å². The van der Waals surface area contributed by atoms with E-state index in [0.717, 1.165) is 66.3 Å². The van der Waals surface area contributed by atoms with Crippen LogP contribution in [0.4, 0.5) is 23.1 Å². The smallest absolute Gasteiger partial charge is 0.222 e. The molecule has 3 N–H and O–H groups in total. The monoisotopic (exact) mass is 443 g/mol. The summed E-state index contributed by atoms with van der Waals surface area (Å²) in [6.07, 6.45) is 8.08. The zero-order chi connectivity index (χ0) is 22.6. The summed E-state index contributed by atoms with van der Waals surface area (Å²) >= 11 is 0. The summed E-state index contributed by atoms with van der Waals surface area (Å²) in [5.41, 5.74) is 5.28. The van der Waals surface area contributed by atoms with Gasteiger partial charge in [-0.25, -0.2) is 15.0 Å². The predicted molar refractivity (Wildman–Crippen MR) is 129 cm³/mol. The number of aldehydes is 1. The Balaban J connectivity index is 1.49. The van der Waals surface area contributed by atoms with Gasteiger partial charge in [-0.1, -0.05) is 0 Å². The van der Waals surface area contributed by atoms with Gasteiger partial charge in [0.25, 0.3) is 0 Å². The van der Waals surface area contributed by atoms with E-state index < -0.39 is 6.04 Å². The van der Waals surface area contributed by atoms with Gasteiger partial charge in [0.05, 0.1) is 18.9 Å². The van der Waals surface area contributed by atoms with Crippen LogP contribution in [0.2, 0.25) is 0 Å². The second-order valence-corrected chi connectivity index (χ2v) is 7.79. The van der Waals surface area contributed by atoms with Crippen molar-refractivity contribution in [2.45, 2.75) is 6.04 Å². The number of rotatable bonds is 6. The number of hydrogen-bond acceptors (Lipinski definition) is 9. The van der Waals surface area contributed by atoms with Crippen molar-refractivity contribution in [3.63, 3.8) is 0 Å². The predicted octanol–water partition coefficient (Wildman–Crippen LogP) is 2.97. The van der Waals surface area contributed by atoms with E-state index in [-0.39, 0.29) is 0 Å². The molecule has 1 saturated heterocycles. The number of nitrogens with one attached hydrogen (secondary N) is 3. The number of carbonyl (C=O) groups is 1. The Morgan fingerprint density at radius 1 is 1.15 bits per heavy atom. The summed E-state index contributed by atoms with van der Waals surface area (Å²) in [7, 11) is 1.77. The van der Waals surface area contributed by atoms with Gasteiger partial charge >= 0.3 is 0 Å². The summed E-state index contributed by atoms with van der Waals surface area (Å²) in [6, 6.07) is 9.70. The third-order valence-corrected chi connectivity index (χ3v) is 5.75. The van der Waals surface area contributed by atoms with E-state index in [0.29, 0.717) is 11.8 Å². The van der Waals surface area contributed by atoms with Crippen molar-refractivity contribution in [3.8, 4) is 11.3 Å². The molecule has 0 spiro atoms. The van der Waals surface area contributed by atoms with Crippen molar-refractivity contribution in [1.29, 1.82) is 0 Å². The molecule has 2 aliphatic heterocycles. The molecule has 0 saturated carbocycles. The summed E-state index contributed by atoms with van der Waals surface area (Å²) in [4.78, 5) is 27.5. The van der Waals surface area contributed by atoms with Gasteiger partial charge in [-0.2, -0.15) is 0 Å². The maximum Gasteiger partial charge on any atom is 0.222 e. The van der Waals surface area contributed by atoms with E-state index in [1.807, 2.05) is 24.3 Å². The van der Waals surface area contributed by atoms with Crippen LogP contribution in [0, 0.1) is 0 Å². The number of anilines is 4. The Morgan fingerprint density at radius 3 is 2.61 bits per heavy atom. The van der Waals surface area contributed by atoms with Gasteiger partial charge < -0.3 is 30.4 Å². The first kappa shape index (κ1) is 20.9. The standard InChI is InChI=1S/C24H25N7O2/c1-25-24-27-13-17(14-28-24)20-12-16-6-7-26-21(15-32)22(16)23(30-20)29-18-2-4-19(5-3-18)31-8-10-33-11-9-31/h2-7,12-15,21,26H,8-11H2,1H3,(H,29,30)(H,25,27,28). The average Bonchev–Trinajstić information content (AvgIpc) is 2.89. The summed E-state index contributed by atoms with van der Waals surface area (Å²) < 4.78 is 5.44. The number of benzene rings is 1.